The van der Waals surface area contributed by atoms with Crippen LogP contribution in [0.1, 0.15) is 57.9 Å². The van der Waals surface area contributed by atoms with Crippen molar-refractivity contribution >= 4 is 5.78 Å². The number of halogens is 2. The third-order valence-electron chi connectivity index (χ3n) is 7.06. The topological polar surface area (TPSA) is 23.6 Å². The fourth-order valence-electron chi connectivity index (χ4n) is 5.26. The number of benzene rings is 1. The highest BCUT2D eigenvalue weighted by molar-refractivity contribution is 5.78. The van der Waals surface area contributed by atoms with Crippen molar-refractivity contribution in [1.29, 1.82) is 0 Å². The summed E-state index contributed by atoms with van der Waals surface area (Å²) in [5, 5.41) is 0. The van der Waals surface area contributed by atoms with Crippen LogP contribution in [0.15, 0.2) is 18.2 Å². The van der Waals surface area contributed by atoms with Crippen LogP contribution in [-0.4, -0.2) is 48.3 Å². The summed E-state index contributed by atoms with van der Waals surface area (Å²) in [6, 6.07) is 4.17. The molecule has 0 radical (unpaired) electrons. The monoisotopic (exact) mass is 406 g/mol. The van der Waals surface area contributed by atoms with E-state index in [1.807, 2.05) is 0 Å². The van der Waals surface area contributed by atoms with Crippen LogP contribution in [0, 0.1) is 29.4 Å². The summed E-state index contributed by atoms with van der Waals surface area (Å²) in [5.41, 5.74) is 0.822. The highest BCUT2D eigenvalue weighted by Gasteiger charge is 2.31. The van der Waals surface area contributed by atoms with Crippen LogP contribution < -0.4 is 0 Å². The van der Waals surface area contributed by atoms with Crippen molar-refractivity contribution in [3.8, 4) is 0 Å². The molecule has 1 aromatic carbocycles. The van der Waals surface area contributed by atoms with Crippen LogP contribution in [0.3, 0.4) is 0 Å². The number of piperazine rings is 1. The van der Waals surface area contributed by atoms with Gasteiger partial charge in [-0.3, -0.25) is 9.69 Å². The summed E-state index contributed by atoms with van der Waals surface area (Å²) in [7, 11) is 0. The fourth-order valence-corrected chi connectivity index (χ4v) is 5.26. The van der Waals surface area contributed by atoms with Crippen molar-refractivity contribution < 1.29 is 13.6 Å². The van der Waals surface area contributed by atoms with Crippen molar-refractivity contribution in [3.63, 3.8) is 0 Å². The first kappa shape index (κ1) is 22.4. The molecule has 0 aromatic heterocycles. The Kier molecular flexibility index (Phi) is 8.19. The lowest BCUT2D eigenvalue weighted by Gasteiger charge is -2.36. The lowest BCUT2D eigenvalue weighted by Crippen LogP contribution is -2.46. The summed E-state index contributed by atoms with van der Waals surface area (Å²) in [6.45, 7) is 9.68. The fraction of sp³-hybridized carbons (Fsp3) is 0.708. The standard InChI is InChI=1S/C24H36F2N2O/c1-18-6-3-4-7-21(18)22(19(2)29)8-5-11-27-12-14-28(15-13-27)17-20-9-10-23(25)24(26)16-20/h9-10,16,18,21-22H,3-8,11-15,17H2,1-2H3. The molecule has 3 nitrogen and oxygen atoms in total. The maximum absolute atomic E-state index is 13.4. The molecule has 3 atom stereocenters. The van der Waals surface area contributed by atoms with Gasteiger partial charge in [0.15, 0.2) is 11.6 Å². The Labute approximate surface area is 174 Å². The Balaban J connectivity index is 1.40. The van der Waals surface area contributed by atoms with E-state index in [4.69, 9.17) is 0 Å². The maximum Gasteiger partial charge on any atom is 0.159 e. The SMILES string of the molecule is CC(=O)C(CCCN1CCN(Cc2ccc(F)c(F)c2)CC1)C1CCCCC1C. The molecule has 5 heteroatoms. The minimum absolute atomic E-state index is 0.236. The molecule has 2 aliphatic rings. The zero-order chi connectivity index (χ0) is 20.8. The van der Waals surface area contributed by atoms with Gasteiger partial charge in [0.1, 0.15) is 5.78 Å². The van der Waals surface area contributed by atoms with Crippen LogP contribution in [-0.2, 0) is 11.3 Å². The van der Waals surface area contributed by atoms with Crippen LogP contribution in [0.2, 0.25) is 0 Å². The van der Waals surface area contributed by atoms with Gasteiger partial charge in [0.05, 0.1) is 0 Å². The van der Waals surface area contributed by atoms with Gasteiger partial charge >= 0.3 is 0 Å². The Morgan fingerprint density at radius 3 is 2.41 bits per heavy atom. The molecule has 1 aliphatic carbocycles. The van der Waals surface area contributed by atoms with Crippen molar-refractivity contribution in [1.82, 2.24) is 9.80 Å². The van der Waals surface area contributed by atoms with Gasteiger partial charge in [-0.05, 0) is 62.3 Å². The second-order valence-electron chi connectivity index (χ2n) is 9.15. The van der Waals surface area contributed by atoms with Gasteiger partial charge in [0, 0.05) is 38.6 Å². The largest absolute Gasteiger partial charge is 0.301 e. The van der Waals surface area contributed by atoms with E-state index in [1.54, 1.807) is 13.0 Å². The Morgan fingerprint density at radius 2 is 1.76 bits per heavy atom. The molecule has 1 aliphatic heterocycles. The number of Topliss-reactive ketones (excluding diaryl/α,β-unsaturated/α-hetero) is 1. The van der Waals surface area contributed by atoms with E-state index in [0.29, 0.717) is 24.2 Å². The number of hydrogen-bond acceptors (Lipinski definition) is 3. The smallest absolute Gasteiger partial charge is 0.159 e. The van der Waals surface area contributed by atoms with E-state index >= 15 is 0 Å². The van der Waals surface area contributed by atoms with E-state index in [9.17, 15) is 13.6 Å². The predicted molar refractivity (Wildman–Crippen MR) is 113 cm³/mol. The van der Waals surface area contributed by atoms with E-state index in [2.05, 4.69) is 16.7 Å². The number of carbonyl (C=O) groups is 1. The first-order valence-corrected chi connectivity index (χ1v) is 11.3. The second kappa shape index (κ2) is 10.6. The van der Waals surface area contributed by atoms with E-state index < -0.39 is 11.6 Å². The van der Waals surface area contributed by atoms with Crippen molar-refractivity contribution in [2.45, 2.75) is 58.9 Å². The van der Waals surface area contributed by atoms with Crippen LogP contribution in [0.25, 0.3) is 0 Å². The number of carbonyl (C=O) groups excluding carboxylic acids is 1. The summed E-state index contributed by atoms with van der Waals surface area (Å²) in [6.07, 6.45) is 7.17. The number of nitrogens with zero attached hydrogens (tertiary/aromatic N) is 2. The second-order valence-corrected chi connectivity index (χ2v) is 9.15. The van der Waals surface area contributed by atoms with Crippen LogP contribution in [0.4, 0.5) is 8.78 Å². The molecule has 29 heavy (non-hydrogen) atoms. The lowest BCUT2D eigenvalue weighted by molar-refractivity contribution is -0.123. The summed E-state index contributed by atoms with van der Waals surface area (Å²) in [5.74, 6) is 0.310. The molecule has 1 saturated heterocycles. The molecule has 1 saturated carbocycles. The van der Waals surface area contributed by atoms with Gasteiger partial charge in [-0.25, -0.2) is 8.78 Å². The van der Waals surface area contributed by atoms with E-state index in [1.165, 1.54) is 37.8 Å². The zero-order valence-electron chi connectivity index (χ0n) is 18.0. The van der Waals surface area contributed by atoms with E-state index in [0.717, 1.165) is 51.1 Å². The van der Waals surface area contributed by atoms with Crippen molar-refractivity contribution in [2.24, 2.45) is 17.8 Å². The molecule has 3 unspecified atom stereocenters. The normalized spacial score (nSPS) is 25.1. The first-order valence-electron chi connectivity index (χ1n) is 11.3. The van der Waals surface area contributed by atoms with Gasteiger partial charge < -0.3 is 4.90 Å². The predicted octanol–water partition coefficient (Wildman–Crippen LogP) is 4.89. The third-order valence-corrected chi connectivity index (χ3v) is 7.06. The van der Waals surface area contributed by atoms with Gasteiger partial charge in [0.2, 0.25) is 0 Å². The molecular weight excluding hydrogens is 370 g/mol. The molecule has 162 valence electrons. The molecule has 1 aromatic rings. The molecule has 2 fully saturated rings. The molecular formula is C24H36F2N2O. The van der Waals surface area contributed by atoms with Crippen LogP contribution >= 0.6 is 0 Å². The van der Waals surface area contributed by atoms with Gasteiger partial charge in [-0.2, -0.15) is 0 Å². The Morgan fingerprint density at radius 1 is 1.07 bits per heavy atom. The number of ketones is 1. The van der Waals surface area contributed by atoms with E-state index in [-0.39, 0.29) is 5.92 Å². The minimum atomic E-state index is -0.787. The summed E-state index contributed by atoms with van der Waals surface area (Å²) in [4.78, 5) is 17.0. The number of rotatable bonds is 8. The van der Waals surface area contributed by atoms with Crippen molar-refractivity contribution in [3.05, 3.63) is 35.4 Å². The molecule has 3 rings (SSSR count). The summed E-state index contributed by atoms with van der Waals surface area (Å²) < 4.78 is 26.5. The average molecular weight is 407 g/mol. The summed E-state index contributed by atoms with van der Waals surface area (Å²) >= 11 is 0. The van der Waals surface area contributed by atoms with Gasteiger partial charge in [-0.15, -0.1) is 0 Å². The molecule has 0 spiro atoms. The zero-order valence-corrected chi connectivity index (χ0v) is 18.0. The lowest BCUT2D eigenvalue weighted by atomic mass is 9.70. The van der Waals surface area contributed by atoms with Gasteiger partial charge in [0.25, 0.3) is 0 Å². The van der Waals surface area contributed by atoms with Gasteiger partial charge in [-0.1, -0.05) is 32.3 Å². The minimum Gasteiger partial charge on any atom is -0.301 e. The molecule has 0 bridgehead atoms. The number of hydrogen-bond donors (Lipinski definition) is 0. The Bertz CT molecular complexity index is 673. The highest BCUT2D eigenvalue weighted by atomic mass is 19.2. The molecule has 0 N–H and O–H groups in total. The molecule has 0 amide bonds. The quantitative estimate of drug-likeness (QED) is 0.614. The average Bonchev–Trinajstić information content (AvgIpc) is 2.70. The highest BCUT2D eigenvalue weighted by Crippen LogP contribution is 2.37. The first-order chi connectivity index (χ1) is 13.9. The Hall–Kier alpha value is -1.33. The maximum atomic E-state index is 13.4. The molecule has 1 heterocycles. The van der Waals surface area contributed by atoms with Crippen LogP contribution in [0.5, 0.6) is 0 Å². The van der Waals surface area contributed by atoms with Crippen molar-refractivity contribution in [2.75, 3.05) is 32.7 Å². The third kappa shape index (κ3) is 6.32.